The number of H-pyrrole nitrogens is 1. The SMILES string of the molecule is c1ccc(COCN2Cc3[nH]ncc3O2)cc1. The highest BCUT2D eigenvalue weighted by atomic mass is 16.7. The Hall–Kier alpha value is -1.85. The molecular weight excluding hydrogens is 218 g/mol. The molecule has 88 valence electrons. The molecule has 0 fully saturated rings. The number of benzene rings is 1. The second kappa shape index (κ2) is 4.57. The lowest BCUT2D eigenvalue weighted by molar-refractivity contribution is -0.130. The molecule has 5 nitrogen and oxygen atoms in total. The molecule has 0 amide bonds. The molecular formula is C12H13N3O2. The Kier molecular flexibility index (Phi) is 2.77. The van der Waals surface area contributed by atoms with Crippen molar-refractivity contribution in [2.45, 2.75) is 13.2 Å². The molecule has 1 aliphatic heterocycles. The van der Waals surface area contributed by atoms with Crippen LogP contribution in [0.1, 0.15) is 11.3 Å². The number of rotatable bonds is 4. The highest BCUT2D eigenvalue weighted by molar-refractivity contribution is 5.25. The Balaban J connectivity index is 1.46. The molecule has 3 rings (SSSR count). The maximum atomic E-state index is 5.57. The van der Waals surface area contributed by atoms with Crippen LogP contribution in [0.5, 0.6) is 5.75 Å². The standard InChI is InChI=1S/C12H13N3O2/c1-2-4-10(5-3-1)8-16-9-15-7-11-12(17-15)6-13-14-11/h1-6H,7-9H2,(H,13,14). The third-order valence-electron chi connectivity index (χ3n) is 2.59. The molecule has 2 heterocycles. The second-order valence-electron chi connectivity index (χ2n) is 3.91. The summed E-state index contributed by atoms with van der Waals surface area (Å²) >= 11 is 0. The molecule has 0 saturated heterocycles. The highest BCUT2D eigenvalue weighted by Gasteiger charge is 2.22. The monoisotopic (exact) mass is 231 g/mol. The van der Waals surface area contributed by atoms with Crippen molar-refractivity contribution in [1.82, 2.24) is 15.3 Å². The number of hydrogen-bond acceptors (Lipinski definition) is 4. The smallest absolute Gasteiger partial charge is 0.189 e. The fourth-order valence-corrected chi connectivity index (χ4v) is 1.75. The molecule has 0 unspecified atom stereocenters. The van der Waals surface area contributed by atoms with Crippen molar-refractivity contribution in [3.63, 3.8) is 0 Å². The number of ether oxygens (including phenoxy) is 1. The van der Waals surface area contributed by atoms with Crippen LogP contribution in [0.4, 0.5) is 0 Å². The maximum Gasteiger partial charge on any atom is 0.189 e. The molecule has 1 aliphatic rings. The number of nitrogens with zero attached hydrogens (tertiary/aromatic N) is 2. The lowest BCUT2D eigenvalue weighted by Gasteiger charge is -2.14. The first-order chi connectivity index (χ1) is 8.42. The molecule has 0 saturated carbocycles. The van der Waals surface area contributed by atoms with Crippen molar-refractivity contribution >= 4 is 0 Å². The molecule has 0 bridgehead atoms. The van der Waals surface area contributed by atoms with Crippen molar-refractivity contribution < 1.29 is 9.57 Å². The lowest BCUT2D eigenvalue weighted by atomic mass is 10.2. The van der Waals surface area contributed by atoms with E-state index in [2.05, 4.69) is 10.2 Å². The summed E-state index contributed by atoms with van der Waals surface area (Å²) < 4.78 is 5.57. The largest absolute Gasteiger partial charge is 0.400 e. The molecule has 1 aromatic carbocycles. The van der Waals surface area contributed by atoms with E-state index in [1.165, 1.54) is 0 Å². The molecule has 1 aromatic heterocycles. The van der Waals surface area contributed by atoms with Gasteiger partial charge in [-0.05, 0) is 5.56 Å². The third-order valence-corrected chi connectivity index (χ3v) is 2.59. The van der Waals surface area contributed by atoms with Crippen molar-refractivity contribution in [2.75, 3.05) is 6.73 Å². The molecule has 0 aliphatic carbocycles. The average Bonchev–Trinajstić information content (AvgIpc) is 2.91. The third kappa shape index (κ3) is 2.30. The van der Waals surface area contributed by atoms with Gasteiger partial charge in [0.2, 0.25) is 0 Å². The van der Waals surface area contributed by atoms with Crippen LogP contribution in [-0.2, 0) is 17.9 Å². The van der Waals surface area contributed by atoms with Gasteiger partial charge in [0.1, 0.15) is 6.73 Å². The van der Waals surface area contributed by atoms with E-state index < -0.39 is 0 Å². The van der Waals surface area contributed by atoms with Crippen LogP contribution >= 0.6 is 0 Å². The first kappa shape index (κ1) is 10.3. The van der Waals surface area contributed by atoms with Crippen LogP contribution in [0.3, 0.4) is 0 Å². The fraction of sp³-hybridized carbons (Fsp3) is 0.250. The number of hydroxylamine groups is 2. The van der Waals surface area contributed by atoms with E-state index in [-0.39, 0.29) is 0 Å². The van der Waals surface area contributed by atoms with E-state index in [0.29, 0.717) is 19.9 Å². The maximum absolute atomic E-state index is 5.57. The highest BCUT2D eigenvalue weighted by Crippen LogP contribution is 2.24. The van der Waals surface area contributed by atoms with Crippen molar-refractivity contribution in [2.24, 2.45) is 0 Å². The molecule has 1 N–H and O–H groups in total. The van der Waals surface area contributed by atoms with Gasteiger partial charge >= 0.3 is 0 Å². The Morgan fingerprint density at radius 3 is 3.06 bits per heavy atom. The van der Waals surface area contributed by atoms with Crippen molar-refractivity contribution in [3.05, 3.63) is 47.8 Å². The molecule has 2 aromatic rings. The Labute approximate surface area is 98.9 Å². The summed E-state index contributed by atoms with van der Waals surface area (Å²) in [6.45, 7) is 1.72. The predicted octanol–water partition coefficient (Wildman–Crippen LogP) is 1.69. The van der Waals surface area contributed by atoms with Crippen molar-refractivity contribution in [1.29, 1.82) is 0 Å². The van der Waals surface area contributed by atoms with Gasteiger partial charge in [-0.3, -0.25) is 5.10 Å². The van der Waals surface area contributed by atoms with Crippen LogP contribution in [0.2, 0.25) is 0 Å². The zero-order valence-corrected chi connectivity index (χ0v) is 9.30. The van der Waals surface area contributed by atoms with E-state index in [0.717, 1.165) is 17.0 Å². The van der Waals surface area contributed by atoms with Crippen molar-refractivity contribution in [3.8, 4) is 5.75 Å². The van der Waals surface area contributed by atoms with Gasteiger partial charge in [0.15, 0.2) is 5.75 Å². The van der Waals surface area contributed by atoms with E-state index in [4.69, 9.17) is 9.57 Å². The van der Waals surface area contributed by atoms with Gasteiger partial charge in [0.25, 0.3) is 0 Å². The van der Waals surface area contributed by atoms with E-state index in [9.17, 15) is 0 Å². The van der Waals surface area contributed by atoms with Gasteiger partial charge in [-0.1, -0.05) is 30.3 Å². The normalized spacial score (nSPS) is 14.6. The minimum atomic E-state index is 0.442. The summed E-state index contributed by atoms with van der Waals surface area (Å²) in [5.41, 5.74) is 2.15. The van der Waals surface area contributed by atoms with E-state index >= 15 is 0 Å². The Morgan fingerprint density at radius 1 is 1.35 bits per heavy atom. The minimum Gasteiger partial charge on any atom is -0.400 e. The first-order valence-electron chi connectivity index (χ1n) is 5.48. The van der Waals surface area contributed by atoms with Gasteiger partial charge in [-0.2, -0.15) is 5.10 Å². The summed E-state index contributed by atoms with van der Waals surface area (Å²) in [6.07, 6.45) is 1.67. The summed E-state index contributed by atoms with van der Waals surface area (Å²) in [5.74, 6) is 0.785. The molecule has 0 atom stereocenters. The summed E-state index contributed by atoms with van der Waals surface area (Å²) in [4.78, 5) is 5.50. The molecule has 17 heavy (non-hydrogen) atoms. The summed E-state index contributed by atoms with van der Waals surface area (Å²) in [6, 6.07) is 10.1. The first-order valence-corrected chi connectivity index (χ1v) is 5.48. The van der Waals surface area contributed by atoms with Gasteiger partial charge in [0.05, 0.1) is 25.0 Å². The number of hydrogen-bond donors (Lipinski definition) is 1. The average molecular weight is 231 g/mol. The summed E-state index contributed by atoms with van der Waals surface area (Å²) in [5, 5.41) is 8.53. The zero-order chi connectivity index (χ0) is 11.5. The van der Waals surface area contributed by atoms with Gasteiger partial charge < -0.3 is 9.57 Å². The molecule has 5 heteroatoms. The number of aromatic nitrogens is 2. The van der Waals surface area contributed by atoms with Gasteiger partial charge in [-0.15, -0.1) is 5.06 Å². The van der Waals surface area contributed by atoms with E-state index in [1.54, 1.807) is 11.3 Å². The Bertz CT molecular complexity index is 463. The van der Waals surface area contributed by atoms with Gasteiger partial charge in [0, 0.05) is 0 Å². The minimum absolute atomic E-state index is 0.442. The fourth-order valence-electron chi connectivity index (χ4n) is 1.75. The van der Waals surface area contributed by atoms with Crippen LogP contribution in [0.15, 0.2) is 36.5 Å². The molecule has 0 radical (unpaired) electrons. The lowest BCUT2D eigenvalue weighted by Crippen LogP contribution is -2.24. The van der Waals surface area contributed by atoms with Crippen LogP contribution < -0.4 is 4.84 Å². The topological polar surface area (TPSA) is 50.4 Å². The Morgan fingerprint density at radius 2 is 2.24 bits per heavy atom. The second-order valence-corrected chi connectivity index (χ2v) is 3.91. The predicted molar refractivity (Wildman–Crippen MR) is 60.9 cm³/mol. The number of aromatic amines is 1. The molecule has 0 spiro atoms. The quantitative estimate of drug-likeness (QED) is 0.870. The van der Waals surface area contributed by atoms with Crippen LogP contribution in [-0.4, -0.2) is 22.0 Å². The number of nitrogens with one attached hydrogen (secondary N) is 1. The number of fused-ring (bicyclic) bond motifs is 1. The van der Waals surface area contributed by atoms with Crippen LogP contribution in [0, 0.1) is 0 Å². The van der Waals surface area contributed by atoms with E-state index in [1.807, 2.05) is 30.3 Å². The summed E-state index contributed by atoms with van der Waals surface area (Å²) in [7, 11) is 0. The zero-order valence-electron chi connectivity index (χ0n) is 9.30. The van der Waals surface area contributed by atoms with Crippen LogP contribution in [0.25, 0.3) is 0 Å². The van der Waals surface area contributed by atoms with Gasteiger partial charge in [-0.25, -0.2) is 0 Å².